The van der Waals surface area contributed by atoms with Gasteiger partial charge in [0.1, 0.15) is 5.84 Å². The molecule has 1 fully saturated rings. The molecule has 0 saturated carbocycles. The lowest BCUT2D eigenvalue weighted by molar-refractivity contribution is 0.286. The Hall–Kier alpha value is -0.820. The number of oxime groups is 1. The number of rotatable bonds is 4. The summed E-state index contributed by atoms with van der Waals surface area (Å²) in [5, 5.41) is 11.6. The molecule has 0 aliphatic carbocycles. The summed E-state index contributed by atoms with van der Waals surface area (Å²) < 4.78 is 25.5. The van der Waals surface area contributed by atoms with Crippen molar-refractivity contribution in [2.75, 3.05) is 18.8 Å². The molecule has 0 aromatic rings. The molecule has 1 rings (SSSR count). The van der Waals surface area contributed by atoms with Crippen LogP contribution in [0.1, 0.15) is 26.7 Å². The molecule has 0 radical (unpaired) electrons. The fraction of sp³-hybridized carbons (Fsp3) is 0.900. The Morgan fingerprint density at radius 2 is 2.24 bits per heavy atom. The van der Waals surface area contributed by atoms with Gasteiger partial charge in [0, 0.05) is 19.0 Å². The van der Waals surface area contributed by atoms with Crippen LogP contribution >= 0.6 is 0 Å². The molecule has 100 valence electrons. The van der Waals surface area contributed by atoms with Crippen LogP contribution in [0.25, 0.3) is 0 Å². The first-order chi connectivity index (χ1) is 7.86. The average molecular weight is 263 g/mol. The molecule has 0 aromatic carbocycles. The molecule has 7 heteroatoms. The molecule has 6 nitrogen and oxygen atoms in total. The topological polar surface area (TPSA) is 96.0 Å². The van der Waals surface area contributed by atoms with Crippen molar-refractivity contribution in [2.24, 2.45) is 22.7 Å². The number of sulfonamides is 1. The maximum atomic E-state index is 12.0. The fourth-order valence-electron chi connectivity index (χ4n) is 2.04. The van der Waals surface area contributed by atoms with Crippen molar-refractivity contribution in [1.82, 2.24) is 4.31 Å². The zero-order valence-electron chi connectivity index (χ0n) is 10.3. The smallest absolute Gasteiger partial charge is 0.214 e. The van der Waals surface area contributed by atoms with Gasteiger partial charge in [-0.3, -0.25) is 0 Å². The number of nitrogens with two attached hydrogens (primary N) is 1. The Balaban J connectivity index is 2.73. The van der Waals surface area contributed by atoms with Gasteiger partial charge >= 0.3 is 0 Å². The third kappa shape index (κ3) is 3.85. The molecule has 1 unspecified atom stereocenters. The number of nitrogens with zero attached hydrogens (tertiary/aromatic N) is 2. The third-order valence-electron chi connectivity index (χ3n) is 2.86. The van der Waals surface area contributed by atoms with Gasteiger partial charge in [-0.1, -0.05) is 19.0 Å². The van der Waals surface area contributed by atoms with Crippen LogP contribution in [0.15, 0.2) is 5.16 Å². The second kappa shape index (κ2) is 5.68. The van der Waals surface area contributed by atoms with Crippen molar-refractivity contribution in [3.63, 3.8) is 0 Å². The zero-order valence-corrected chi connectivity index (χ0v) is 11.2. The van der Waals surface area contributed by atoms with E-state index < -0.39 is 10.0 Å². The van der Waals surface area contributed by atoms with Crippen molar-refractivity contribution in [1.29, 1.82) is 0 Å². The van der Waals surface area contributed by atoms with Crippen molar-refractivity contribution >= 4 is 15.9 Å². The number of amidine groups is 1. The minimum atomic E-state index is -3.22. The standard InChI is InChI=1S/C10H21N3O3S/c1-8(2)7-17(15,16)13-5-3-4-9(6-13)10(11)12-14/h8-9,14H,3-7H2,1-2H3,(H2,11,12). The second-order valence-corrected chi connectivity index (χ2v) is 6.91. The lowest BCUT2D eigenvalue weighted by atomic mass is 9.99. The van der Waals surface area contributed by atoms with E-state index in [1.54, 1.807) is 0 Å². The van der Waals surface area contributed by atoms with Crippen LogP contribution in [0.5, 0.6) is 0 Å². The van der Waals surface area contributed by atoms with Gasteiger partial charge in [0.2, 0.25) is 10.0 Å². The monoisotopic (exact) mass is 263 g/mol. The van der Waals surface area contributed by atoms with Gasteiger partial charge in [-0.15, -0.1) is 0 Å². The van der Waals surface area contributed by atoms with Gasteiger partial charge in [0.25, 0.3) is 0 Å². The van der Waals surface area contributed by atoms with E-state index in [2.05, 4.69) is 5.16 Å². The highest BCUT2D eigenvalue weighted by Crippen LogP contribution is 2.20. The Morgan fingerprint density at radius 3 is 2.76 bits per heavy atom. The highest BCUT2D eigenvalue weighted by atomic mass is 32.2. The van der Waals surface area contributed by atoms with E-state index in [1.165, 1.54) is 4.31 Å². The summed E-state index contributed by atoms with van der Waals surface area (Å²) in [6, 6.07) is 0. The van der Waals surface area contributed by atoms with E-state index in [1.807, 2.05) is 13.8 Å². The van der Waals surface area contributed by atoms with Gasteiger partial charge in [-0.05, 0) is 18.8 Å². The molecule has 1 heterocycles. The van der Waals surface area contributed by atoms with Crippen molar-refractivity contribution < 1.29 is 13.6 Å². The summed E-state index contributed by atoms with van der Waals surface area (Å²) in [4.78, 5) is 0. The first-order valence-electron chi connectivity index (χ1n) is 5.82. The predicted molar refractivity (Wildman–Crippen MR) is 66.3 cm³/mol. The molecule has 0 amide bonds. The van der Waals surface area contributed by atoms with Crippen LogP contribution in [0.2, 0.25) is 0 Å². The molecular weight excluding hydrogens is 242 g/mol. The predicted octanol–water partition coefficient (Wildman–Crippen LogP) is 0.431. The second-order valence-electron chi connectivity index (χ2n) is 4.89. The molecule has 3 N–H and O–H groups in total. The van der Waals surface area contributed by atoms with Crippen molar-refractivity contribution in [3.05, 3.63) is 0 Å². The largest absolute Gasteiger partial charge is 0.409 e. The molecule has 0 aromatic heterocycles. The molecule has 1 atom stereocenters. The number of piperidine rings is 1. The molecule has 0 spiro atoms. The van der Waals surface area contributed by atoms with E-state index >= 15 is 0 Å². The highest BCUT2D eigenvalue weighted by Gasteiger charge is 2.30. The zero-order chi connectivity index (χ0) is 13.1. The molecule has 1 aliphatic rings. The summed E-state index contributed by atoms with van der Waals surface area (Å²) in [5.74, 6) is 0.199. The number of hydrogen-bond acceptors (Lipinski definition) is 4. The van der Waals surface area contributed by atoms with Gasteiger partial charge in [-0.25, -0.2) is 12.7 Å². The molecule has 1 aliphatic heterocycles. The van der Waals surface area contributed by atoms with Gasteiger partial charge in [0.05, 0.1) is 5.75 Å². The van der Waals surface area contributed by atoms with E-state index in [0.717, 1.165) is 12.8 Å². The minimum Gasteiger partial charge on any atom is -0.409 e. The quantitative estimate of drug-likeness (QED) is 0.333. The van der Waals surface area contributed by atoms with Gasteiger partial charge in [0.15, 0.2) is 0 Å². The summed E-state index contributed by atoms with van der Waals surface area (Å²) in [5.41, 5.74) is 5.53. The molecule has 17 heavy (non-hydrogen) atoms. The Bertz CT molecular complexity index is 378. The maximum absolute atomic E-state index is 12.0. The highest BCUT2D eigenvalue weighted by molar-refractivity contribution is 7.89. The summed E-state index contributed by atoms with van der Waals surface area (Å²) in [7, 11) is -3.22. The summed E-state index contributed by atoms with van der Waals surface area (Å²) in [6.45, 7) is 4.61. The van der Waals surface area contributed by atoms with Crippen LogP contribution in [0, 0.1) is 11.8 Å². The summed E-state index contributed by atoms with van der Waals surface area (Å²) in [6.07, 6.45) is 1.52. The normalized spacial score (nSPS) is 24.2. The fourth-order valence-corrected chi connectivity index (χ4v) is 3.91. The van der Waals surface area contributed by atoms with E-state index in [4.69, 9.17) is 10.9 Å². The SMILES string of the molecule is CC(C)CS(=O)(=O)N1CCCC(C(N)=NO)C1. The summed E-state index contributed by atoms with van der Waals surface area (Å²) >= 11 is 0. The van der Waals surface area contributed by atoms with Crippen molar-refractivity contribution in [2.45, 2.75) is 26.7 Å². The van der Waals surface area contributed by atoms with Crippen LogP contribution in [-0.2, 0) is 10.0 Å². The molecule has 0 bridgehead atoms. The van der Waals surface area contributed by atoms with Gasteiger partial charge < -0.3 is 10.9 Å². The maximum Gasteiger partial charge on any atom is 0.214 e. The van der Waals surface area contributed by atoms with Crippen LogP contribution in [-0.4, -0.2) is 42.6 Å². The Kier molecular flexibility index (Phi) is 4.76. The van der Waals surface area contributed by atoms with E-state index in [-0.39, 0.29) is 23.4 Å². The number of hydrogen-bond donors (Lipinski definition) is 2. The molecular formula is C10H21N3O3S. The minimum absolute atomic E-state index is 0.101. The first-order valence-corrected chi connectivity index (χ1v) is 7.43. The van der Waals surface area contributed by atoms with Gasteiger partial charge in [-0.2, -0.15) is 0 Å². The van der Waals surface area contributed by atoms with Crippen LogP contribution in [0.3, 0.4) is 0 Å². The van der Waals surface area contributed by atoms with E-state index in [9.17, 15) is 8.42 Å². The lowest BCUT2D eigenvalue weighted by Gasteiger charge is -2.31. The Labute approximate surface area is 103 Å². The first kappa shape index (κ1) is 14.2. The van der Waals surface area contributed by atoms with Crippen LogP contribution in [0.4, 0.5) is 0 Å². The average Bonchev–Trinajstić information content (AvgIpc) is 2.26. The Morgan fingerprint density at radius 1 is 1.59 bits per heavy atom. The van der Waals surface area contributed by atoms with E-state index in [0.29, 0.717) is 13.1 Å². The lowest BCUT2D eigenvalue weighted by Crippen LogP contribution is -2.45. The van der Waals surface area contributed by atoms with Crippen LogP contribution < -0.4 is 5.73 Å². The third-order valence-corrected chi connectivity index (χ3v) is 5.06. The van der Waals surface area contributed by atoms with Crippen molar-refractivity contribution in [3.8, 4) is 0 Å². The molecule has 1 saturated heterocycles.